The number of aryl methyl sites for hydroxylation is 1. The second-order valence-corrected chi connectivity index (χ2v) is 6.40. The second-order valence-electron chi connectivity index (χ2n) is 5.96. The van der Waals surface area contributed by atoms with Crippen LogP contribution in [-0.4, -0.2) is 20.9 Å². The van der Waals surface area contributed by atoms with Crippen LogP contribution in [0.4, 0.5) is 0 Å². The fourth-order valence-electron chi connectivity index (χ4n) is 2.76. The average molecular weight is 371 g/mol. The van der Waals surface area contributed by atoms with Crippen LogP contribution in [0.2, 0.25) is 5.02 Å². The van der Waals surface area contributed by atoms with Crippen molar-refractivity contribution >= 4 is 28.4 Å². The van der Waals surface area contributed by atoms with Crippen molar-refractivity contribution in [1.82, 2.24) is 20.3 Å². The fourth-order valence-corrected chi connectivity index (χ4v) is 2.89. The van der Waals surface area contributed by atoms with E-state index < -0.39 is 0 Å². The lowest BCUT2D eigenvalue weighted by atomic mass is 10.0. The van der Waals surface area contributed by atoms with Crippen LogP contribution >= 0.6 is 11.6 Å². The number of rotatable bonds is 6. The molecule has 1 unspecified atom stereocenters. The minimum absolute atomic E-state index is 0.0980. The molecule has 26 heavy (non-hydrogen) atoms. The molecule has 0 bridgehead atoms. The van der Waals surface area contributed by atoms with Crippen molar-refractivity contribution < 1.29 is 4.79 Å². The Balaban J connectivity index is 1.66. The highest BCUT2D eigenvalue weighted by atomic mass is 35.5. The first kappa shape index (κ1) is 18.1. The number of benzene rings is 2. The average Bonchev–Trinajstić information content (AvgIpc) is 2.66. The zero-order chi connectivity index (χ0) is 18.5. The number of hydrogen-bond donors (Lipinski definition) is 1. The Kier molecular flexibility index (Phi) is 5.63. The normalized spacial score (nSPS) is 12.1. The molecule has 0 aliphatic heterocycles. The fraction of sp³-hybridized carbons (Fsp3) is 0.263. The molecular formula is C19H19ClN4O2. The summed E-state index contributed by atoms with van der Waals surface area (Å²) in [5.74, 6) is -0.145. The first-order chi connectivity index (χ1) is 12.6. The third-order valence-corrected chi connectivity index (χ3v) is 4.45. The van der Waals surface area contributed by atoms with Crippen molar-refractivity contribution in [1.29, 1.82) is 0 Å². The van der Waals surface area contributed by atoms with Crippen LogP contribution in [0.25, 0.3) is 10.9 Å². The number of hydrogen-bond acceptors (Lipinski definition) is 4. The van der Waals surface area contributed by atoms with Gasteiger partial charge in [0, 0.05) is 11.4 Å². The van der Waals surface area contributed by atoms with E-state index in [1.54, 1.807) is 36.4 Å². The molecule has 134 valence electrons. The summed E-state index contributed by atoms with van der Waals surface area (Å²) in [7, 11) is 0. The van der Waals surface area contributed by atoms with Gasteiger partial charge in [0.2, 0.25) is 5.91 Å². The molecule has 1 heterocycles. The highest BCUT2D eigenvalue weighted by molar-refractivity contribution is 6.30. The van der Waals surface area contributed by atoms with Gasteiger partial charge >= 0.3 is 0 Å². The van der Waals surface area contributed by atoms with Crippen molar-refractivity contribution in [2.45, 2.75) is 32.4 Å². The molecule has 0 radical (unpaired) electrons. The van der Waals surface area contributed by atoms with Crippen LogP contribution in [0, 0.1) is 0 Å². The first-order valence-electron chi connectivity index (χ1n) is 8.46. The number of aromatic nitrogens is 3. The predicted molar refractivity (Wildman–Crippen MR) is 101 cm³/mol. The van der Waals surface area contributed by atoms with Crippen molar-refractivity contribution in [3.63, 3.8) is 0 Å². The molecule has 0 aliphatic carbocycles. The molecule has 1 amide bonds. The van der Waals surface area contributed by atoms with Crippen LogP contribution in [-0.2, 0) is 11.3 Å². The minimum atomic E-state index is -0.242. The van der Waals surface area contributed by atoms with Gasteiger partial charge in [-0.2, -0.15) is 0 Å². The number of halogens is 1. The number of nitrogens with one attached hydrogen (secondary N) is 1. The summed E-state index contributed by atoms with van der Waals surface area (Å²) >= 11 is 5.91. The lowest BCUT2D eigenvalue weighted by Crippen LogP contribution is -2.31. The topological polar surface area (TPSA) is 76.9 Å². The molecule has 3 rings (SSSR count). The van der Waals surface area contributed by atoms with Crippen molar-refractivity contribution in [2.75, 3.05) is 0 Å². The van der Waals surface area contributed by atoms with E-state index in [-0.39, 0.29) is 30.5 Å². The molecule has 6 nitrogen and oxygen atoms in total. The van der Waals surface area contributed by atoms with Crippen molar-refractivity contribution in [3.05, 3.63) is 69.5 Å². The Hall–Kier alpha value is -2.73. The van der Waals surface area contributed by atoms with Gasteiger partial charge in [-0.15, -0.1) is 5.10 Å². The predicted octanol–water partition coefficient (Wildman–Crippen LogP) is 3.10. The molecule has 1 N–H and O–H groups in total. The van der Waals surface area contributed by atoms with Gasteiger partial charge in [0.1, 0.15) is 5.52 Å². The Morgan fingerprint density at radius 2 is 1.92 bits per heavy atom. The number of nitrogens with zero attached hydrogens (tertiary/aromatic N) is 3. The first-order valence-corrected chi connectivity index (χ1v) is 8.83. The van der Waals surface area contributed by atoms with Gasteiger partial charge in [0.05, 0.1) is 18.0 Å². The summed E-state index contributed by atoms with van der Waals surface area (Å²) in [6.45, 7) is 2.18. The zero-order valence-electron chi connectivity index (χ0n) is 14.4. The third-order valence-electron chi connectivity index (χ3n) is 4.20. The standard InChI is InChI=1S/C19H19ClN4O2/c1-2-16(13-7-9-14(20)10-8-13)21-18(25)11-12-24-19(26)15-5-3-4-6-17(15)22-23-24/h3-10,16H,2,11-12H2,1H3,(H,21,25). The second kappa shape index (κ2) is 8.10. The maximum Gasteiger partial charge on any atom is 0.277 e. The summed E-state index contributed by atoms with van der Waals surface area (Å²) in [6, 6.07) is 14.3. The summed E-state index contributed by atoms with van der Waals surface area (Å²) in [6.07, 6.45) is 0.903. The number of carbonyl (C=O) groups excluding carboxylic acids is 1. The largest absolute Gasteiger partial charge is 0.349 e. The van der Waals surface area contributed by atoms with Crippen LogP contribution in [0.3, 0.4) is 0 Å². The lowest BCUT2D eigenvalue weighted by Gasteiger charge is -2.17. The summed E-state index contributed by atoms with van der Waals surface area (Å²) in [5, 5.41) is 12.1. The molecule has 1 aromatic heterocycles. The van der Waals surface area contributed by atoms with Gasteiger partial charge < -0.3 is 5.32 Å². The van der Waals surface area contributed by atoms with E-state index in [0.717, 1.165) is 12.0 Å². The Morgan fingerprint density at radius 1 is 1.19 bits per heavy atom. The van der Waals surface area contributed by atoms with Gasteiger partial charge in [-0.1, -0.05) is 48.0 Å². The van der Waals surface area contributed by atoms with Gasteiger partial charge in [0.25, 0.3) is 5.56 Å². The molecular weight excluding hydrogens is 352 g/mol. The molecule has 0 aliphatic rings. The molecule has 1 atom stereocenters. The monoisotopic (exact) mass is 370 g/mol. The molecule has 0 fully saturated rings. The van der Waals surface area contributed by atoms with E-state index in [2.05, 4.69) is 15.6 Å². The third kappa shape index (κ3) is 4.08. The highest BCUT2D eigenvalue weighted by Gasteiger charge is 2.13. The van der Waals surface area contributed by atoms with Gasteiger partial charge in [-0.3, -0.25) is 9.59 Å². The number of amides is 1. The molecule has 7 heteroatoms. The summed E-state index contributed by atoms with van der Waals surface area (Å²) < 4.78 is 1.23. The number of fused-ring (bicyclic) bond motifs is 1. The van der Waals surface area contributed by atoms with E-state index in [1.807, 2.05) is 19.1 Å². The van der Waals surface area contributed by atoms with Crippen molar-refractivity contribution in [2.24, 2.45) is 0 Å². The quantitative estimate of drug-likeness (QED) is 0.723. The van der Waals surface area contributed by atoms with Gasteiger partial charge in [-0.05, 0) is 36.2 Å². The molecule has 0 saturated carbocycles. The minimum Gasteiger partial charge on any atom is -0.349 e. The summed E-state index contributed by atoms with van der Waals surface area (Å²) in [5.41, 5.74) is 1.30. The van der Waals surface area contributed by atoms with Crippen LogP contribution in [0.1, 0.15) is 31.4 Å². The molecule has 3 aromatic rings. The van der Waals surface area contributed by atoms with Gasteiger partial charge in [0.15, 0.2) is 0 Å². The van der Waals surface area contributed by atoms with E-state index in [4.69, 9.17) is 11.6 Å². The molecule has 0 saturated heterocycles. The Labute approximate surface area is 155 Å². The molecule has 0 spiro atoms. The van der Waals surface area contributed by atoms with Crippen LogP contribution in [0.5, 0.6) is 0 Å². The molecule has 2 aromatic carbocycles. The maximum absolute atomic E-state index is 12.4. The Morgan fingerprint density at radius 3 is 2.65 bits per heavy atom. The zero-order valence-corrected chi connectivity index (χ0v) is 15.1. The van der Waals surface area contributed by atoms with E-state index in [0.29, 0.717) is 15.9 Å². The van der Waals surface area contributed by atoms with E-state index in [9.17, 15) is 9.59 Å². The highest BCUT2D eigenvalue weighted by Crippen LogP contribution is 2.19. The smallest absolute Gasteiger partial charge is 0.277 e. The summed E-state index contributed by atoms with van der Waals surface area (Å²) in [4.78, 5) is 24.7. The SMILES string of the molecule is CCC(NC(=O)CCn1nnc2ccccc2c1=O)c1ccc(Cl)cc1. The van der Waals surface area contributed by atoms with E-state index >= 15 is 0 Å². The van der Waals surface area contributed by atoms with Crippen molar-refractivity contribution in [3.8, 4) is 0 Å². The van der Waals surface area contributed by atoms with Crippen LogP contribution < -0.4 is 10.9 Å². The van der Waals surface area contributed by atoms with Crippen LogP contribution in [0.15, 0.2) is 53.3 Å². The number of carbonyl (C=O) groups is 1. The van der Waals surface area contributed by atoms with Gasteiger partial charge in [-0.25, -0.2) is 4.68 Å². The maximum atomic E-state index is 12.4. The Bertz CT molecular complexity index is 969. The van der Waals surface area contributed by atoms with E-state index in [1.165, 1.54) is 4.68 Å². The lowest BCUT2D eigenvalue weighted by molar-refractivity contribution is -0.122.